The van der Waals surface area contributed by atoms with Gasteiger partial charge in [0.1, 0.15) is 10.7 Å². The van der Waals surface area contributed by atoms with Crippen LogP contribution >= 0.6 is 0 Å². The van der Waals surface area contributed by atoms with Crippen molar-refractivity contribution >= 4 is 27.5 Å². The van der Waals surface area contributed by atoms with Gasteiger partial charge in [-0.2, -0.15) is 5.10 Å². The highest BCUT2D eigenvalue weighted by atomic mass is 32.2. The zero-order valence-corrected chi connectivity index (χ0v) is 28.3. The molecule has 2 N–H and O–H groups in total. The number of unbranched alkanes of at least 4 members (excludes halogenated alkanes) is 2. The van der Waals surface area contributed by atoms with E-state index >= 15 is 0 Å². The van der Waals surface area contributed by atoms with E-state index in [1.54, 1.807) is 24.0 Å². The van der Waals surface area contributed by atoms with E-state index in [1.807, 2.05) is 29.2 Å². The van der Waals surface area contributed by atoms with E-state index in [-0.39, 0.29) is 36.0 Å². The summed E-state index contributed by atoms with van der Waals surface area (Å²) in [5, 5.41) is 15.0. The average Bonchev–Trinajstić information content (AvgIpc) is 3.48. The Kier molecular flexibility index (Phi) is 11.0. The van der Waals surface area contributed by atoms with Gasteiger partial charge in [-0.05, 0) is 73.7 Å². The first-order valence-corrected chi connectivity index (χ1v) is 17.8. The number of aryl methyl sites for hydroxylation is 1. The van der Waals surface area contributed by atoms with Crippen LogP contribution in [-0.4, -0.2) is 70.7 Å². The molecule has 2 heterocycles. The number of fused-ring (bicyclic) bond motifs is 1. The fraction of sp³-hybridized carbons (Fsp3) is 0.361. The Morgan fingerprint density at radius 1 is 0.979 bits per heavy atom. The number of benzene rings is 3. The van der Waals surface area contributed by atoms with E-state index in [0.29, 0.717) is 30.9 Å². The van der Waals surface area contributed by atoms with Crippen molar-refractivity contribution in [2.75, 3.05) is 24.4 Å². The molecule has 0 bridgehead atoms. The van der Waals surface area contributed by atoms with Gasteiger partial charge >= 0.3 is 0 Å². The molecule has 12 heteroatoms. The molecule has 254 valence electrons. The van der Waals surface area contributed by atoms with Crippen LogP contribution in [0.4, 0.5) is 10.1 Å². The van der Waals surface area contributed by atoms with Crippen molar-refractivity contribution in [2.24, 2.45) is 0 Å². The summed E-state index contributed by atoms with van der Waals surface area (Å²) in [7, 11) is -4.35. The molecule has 3 aromatic carbocycles. The number of aromatic nitrogens is 2. The number of hydrogen-bond acceptors (Lipinski definition) is 6. The maximum Gasteiger partial charge on any atom is 0.274 e. The van der Waals surface area contributed by atoms with Crippen molar-refractivity contribution in [2.45, 2.75) is 70.4 Å². The summed E-state index contributed by atoms with van der Waals surface area (Å²) in [4.78, 5) is 30.9. The number of aliphatic hydroxyl groups excluding tert-OH is 1. The van der Waals surface area contributed by atoms with Gasteiger partial charge in [-0.15, -0.1) is 0 Å². The normalized spacial score (nSPS) is 14.4. The van der Waals surface area contributed by atoms with Gasteiger partial charge < -0.3 is 14.9 Å². The molecule has 5 rings (SSSR count). The van der Waals surface area contributed by atoms with Crippen LogP contribution in [0, 0.1) is 12.7 Å². The lowest BCUT2D eigenvalue weighted by atomic mass is 9.93. The molecule has 1 aliphatic rings. The van der Waals surface area contributed by atoms with Crippen molar-refractivity contribution in [3.05, 3.63) is 107 Å². The van der Waals surface area contributed by atoms with Gasteiger partial charge in [0.05, 0.1) is 23.9 Å². The largest absolute Gasteiger partial charge is 0.394 e. The summed E-state index contributed by atoms with van der Waals surface area (Å²) in [6.07, 6.45) is 4.06. The Bertz CT molecular complexity index is 1890. The highest BCUT2D eigenvalue weighted by Gasteiger charge is 2.32. The molecule has 1 aromatic heterocycles. The second-order valence-electron chi connectivity index (χ2n) is 12.1. The number of hydrogen-bond donors (Lipinski definition) is 2. The van der Waals surface area contributed by atoms with Crippen LogP contribution in [0.25, 0.3) is 5.69 Å². The third kappa shape index (κ3) is 7.44. The van der Waals surface area contributed by atoms with Crippen molar-refractivity contribution in [1.29, 1.82) is 0 Å². The number of carbonyl (C=O) groups excluding carboxylic acids is 2. The number of nitrogens with one attached hydrogen (secondary N) is 1. The van der Waals surface area contributed by atoms with Crippen LogP contribution in [0.5, 0.6) is 0 Å². The molecule has 10 nitrogen and oxygen atoms in total. The molecule has 1 atom stereocenters. The summed E-state index contributed by atoms with van der Waals surface area (Å²) in [5.41, 5.74) is 3.28. The molecule has 0 saturated heterocycles. The molecule has 2 amide bonds. The fourth-order valence-corrected chi connectivity index (χ4v) is 7.10. The predicted octanol–water partition coefficient (Wildman–Crippen LogP) is 5.72. The van der Waals surface area contributed by atoms with Crippen LogP contribution in [0.3, 0.4) is 0 Å². The number of rotatable bonds is 13. The monoisotopic (exact) mass is 675 g/mol. The van der Waals surface area contributed by atoms with E-state index in [1.165, 1.54) is 28.9 Å². The van der Waals surface area contributed by atoms with Crippen LogP contribution in [0.1, 0.15) is 77.2 Å². The molecule has 0 aliphatic carbocycles. The maximum absolute atomic E-state index is 14.5. The minimum absolute atomic E-state index is 0.0368. The average molecular weight is 676 g/mol. The second kappa shape index (κ2) is 15.1. The zero-order chi connectivity index (χ0) is 34.4. The molecule has 0 fully saturated rings. The van der Waals surface area contributed by atoms with Crippen LogP contribution in [0.2, 0.25) is 0 Å². The van der Waals surface area contributed by atoms with Crippen LogP contribution in [-0.2, 0) is 23.0 Å². The lowest BCUT2D eigenvalue weighted by Gasteiger charge is -2.36. The molecule has 0 spiro atoms. The topological polar surface area (TPSA) is 125 Å². The number of amides is 2. The van der Waals surface area contributed by atoms with E-state index in [4.69, 9.17) is 0 Å². The summed E-state index contributed by atoms with van der Waals surface area (Å²) in [6.45, 7) is 7.10. The number of aliphatic hydroxyl groups is 1. The third-order valence-electron chi connectivity index (χ3n) is 8.62. The smallest absolute Gasteiger partial charge is 0.274 e. The number of sulfonamides is 1. The first kappa shape index (κ1) is 34.8. The zero-order valence-electron chi connectivity index (χ0n) is 27.5. The molecule has 0 radical (unpaired) electrons. The lowest BCUT2D eigenvalue weighted by Crippen LogP contribution is -2.46. The van der Waals surface area contributed by atoms with Crippen molar-refractivity contribution < 1.29 is 27.5 Å². The van der Waals surface area contributed by atoms with Gasteiger partial charge in [-0.25, -0.2) is 17.5 Å². The minimum atomic E-state index is -4.35. The standard InChI is InChI=1S/C36H42FN5O5S/c1-4-6-18-40(19-7-5-2)36(45)32-20-25(3)42(38-32)33-17-16-28(39-48(46,47)34-15-11-10-14-31(34)37)22-30(33)35(44)41-23-27-13-9-8-12-26(27)21-29(41)24-43/h8-17,20,22,29,39,43H,4-7,18-19,21,23-24H2,1-3H3/t29-/m0/s1. The quantitative estimate of drug-likeness (QED) is 0.187. The Morgan fingerprint density at radius 2 is 1.65 bits per heavy atom. The first-order valence-electron chi connectivity index (χ1n) is 16.3. The molecular formula is C36H42FN5O5S. The Hall–Kier alpha value is -4.55. The Balaban J connectivity index is 1.57. The van der Waals surface area contributed by atoms with Gasteiger partial charge in [-0.1, -0.05) is 63.1 Å². The number of anilines is 1. The summed E-state index contributed by atoms with van der Waals surface area (Å²) < 4.78 is 44.8. The van der Waals surface area contributed by atoms with Crippen molar-refractivity contribution in [1.82, 2.24) is 19.6 Å². The minimum Gasteiger partial charge on any atom is -0.394 e. The van der Waals surface area contributed by atoms with Gasteiger partial charge in [-0.3, -0.25) is 14.3 Å². The molecule has 1 aliphatic heterocycles. The Labute approximate surface area is 281 Å². The number of carbonyl (C=O) groups is 2. The van der Waals surface area contributed by atoms with Crippen molar-refractivity contribution in [3.8, 4) is 5.69 Å². The van der Waals surface area contributed by atoms with Gasteiger partial charge in [0, 0.05) is 31.0 Å². The molecule has 0 unspecified atom stereocenters. The Morgan fingerprint density at radius 3 is 2.31 bits per heavy atom. The van der Waals surface area contributed by atoms with Crippen molar-refractivity contribution in [3.63, 3.8) is 0 Å². The highest BCUT2D eigenvalue weighted by molar-refractivity contribution is 7.92. The first-order chi connectivity index (χ1) is 23.1. The van der Waals surface area contributed by atoms with E-state index < -0.39 is 32.7 Å². The molecular weight excluding hydrogens is 633 g/mol. The van der Waals surface area contributed by atoms with E-state index in [9.17, 15) is 27.5 Å². The highest BCUT2D eigenvalue weighted by Crippen LogP contribution is 2.30. The summed E-state index contributed by atoms with van der Waals surface area (Å²) in [5.74, 6) is -1.57. The number of halogens is 1. The second-order valence-corrected chi connectivity index (χ2v) is 13.7. The summed E-state index contributed by atoms with van der Waals surface area (Å²) in [6, 6.07) is 18.3. The van der Waals surface area contributed by atoms with Crippen LogP contribution in [0.15, 0.2) is 77.7 Å². The van der Waals surface area contributed by atoms with Crippen LogP contribution < -0.4 is 4.72 Å². The predicted molar refractivity (Wildman–Crippen MR) is 182 cm³/mol. The van der Waals surface area contributed by atoms with Gasteiger partial charge in [0.25, 0.3) is 21.8 Å². The third-order valence-corrected chi connectivity index (χ3v) is 10.0. The van der Waals surface area contributed by atoms with Gasteiger partial charge in [0.2, 0.25) is 0 Å². The lowest BCUT2D eigenvalue weighted by molar-refractivity contribution is 0.0544. The summed E-state index contributed by atoms with van der Waals surface area (Å²) >= 11 is 0. The molecule has 48 heavy (non-hydrogen) atoms. The van der Waals surface area contributed by atoms with E-state index in [2.05, 4.69) is 23.7 Å². The number of nitrogens with zero attached hydrogens (tertiary/aromatic N) is 4. The maximum atomic E-state index is 14.5. The SMILES string of the molecule is CCCCN(CCCC)C(=O)c1cc(C)n(-c2ccc(NS(=O)(=O)c3ccccc3F)cc2C(=O)N2Cc3ccccc3C[C@H]2CO)n1. The van der Waals surface area contributed by atoms with E-state index in [0.717, 1.165) is 48.9 Å². The fourth-order valence-electron chi connectivity index (χ4n) is 5.97. The van der Waals surface area contributed by atoms with Gasteiger partial charge in [0.15, 0.2) is 5.69 Å². The molecule has 0 saturated carbocycles. The molecule has 4 aromatic rings.